The van der Waals surface area contributed by atoms with Crippen LogP contribution in [-0.2, 0) is 10.0 Å². The number of halogens is 1. The first-order valence-corrected chi connectivity index (χ1v) is 9.15. The second-order valence-electron chi connectivity index (χ2n) is 5.34. The minimum absolute atomic E-state index is 0.0533. The van der Waals surface area contributed by atoms with E-state index in [1.807, 2.05) is 0 Å². The molecule has 3 rings (SSSR count). The molecule has 23 heavy (non-hydrogen) atoms. The Labute approximate surface area is 140 Å². The van der Waals surface area contributed by atoms with Crippen LogP contribution in [0.25, 0.3) is 0 Å². The Bertz CT molecular complexity index is 772. The van der Waals surface area contributed by atoms with Gasteiger partial charge in [0.1, 0.15) is 11.5 Å². The highest BCUT2D eigenvalue weighted by Gasteiger charge is 2.22. The van der Waals surface area contributed by atoms with Crippen molar-refractivity contribution >= 4 is 21.6 Å². The molecule has 1 fully saturated rings. The molecule has 1 aliphatic rings. The number of ether oxygens (including phenoxy) is 1. The maximum absolute atomic E-state index is 12.3. The summed E-state index contributed by atoms with van der Waals surface area (Å²) in [5, 5.41) is 3.71. The number of rotatable bonds is 5. The first-order valence-electron chi connectivity index (χ1n) is 7.29. The molecule has 2 aromatic rings. The van der Waals surface area contributed by atoms with E-state index < -0.39 is 10.0 Å². The van der Waals surface area contributed by atoms with Crippen LogP contribution in [0.1, 0.15) is 6.42 Å². The minimum Gasteiger partial charge on any atom is -0.457 e. The molecule has 0 aliphatic carbocycles. The minimum atomic E-state index is -3.51. The zero-order chi connectivity index (χ0) is 16.3. The van der Waals surface area contributed by atoms with Crippen molar-refractivity contribution in [3.05, 3.63) is 53.6 Å². The van der Waals surface area contributed by atoms with Crippen molar-refractivity contribution in [2.45, 2.75) is 17.4 Å². The molecule has 0 radical (unpaired) electrons. The lowest BCUT2D eigenvalue weighted by molar-refractivity contribution is 0.482. The largest absolute Gasteiger partial charge is 0.457 e. The van der Waals surface area contributed by atoms with Crippen molar-refractivity contribution in [3.8, 4) is 11.5 Å². The van der Waals surface area contributed by atoms with Crippen LogP contribution >= 0.6 is 11.6 Å². The third-order valence-corrected chi connectivity index (χ3v) is 5.32. The van der Waals surface area contributed by atoms with E-state index >= 15 is 0 Å². The topological polar surface area (TPSA) is 67.4 Å². The van der Waals surface area contributed by atoms with E-state index in [0.29, 0.717) is 23.1 Å². The van der Waals surface area contributed by atoms with Gasteiger partial charge in [-0.1, -0.05) is 17.7 Å². The van der Waals surface area contributed by atoms with Crippen LogP contribution in [0.3, 0.4) is 0 Å². The highest BCUT2D eigenvalue weighted by molar-refractivity contribution is 7.89. The summed E-state index contributed by atoms with van der Waals surface area (Å²) in [5.74, 6) is 1.15. The van der Waals surface area contributed by atoms with Crippen LogP contribution in [0.2, 0.25) is 5.02 Å². The second-order valence-corrected chi connectivity index (χ2v) is 7.49. The summed E-state index contributed by atoms with van der Waals surface area (Å²) in [6, 6.07) is 13.3. The number of hydrogen-bond acceptors (Lipinski definition) is 4. The van der Waals surface area contributed by atoms with Gasteiger partial charge in [-0.15, -0.1) is 0 Å². The van der Waals surface area contributed by atoms with Gasteiger partial charge in [0, 0.05) is 17.6 Å². The first kappa shape index (κ1) is 16.3. The molecule has 1 aliphatic heterocycles. The van der Waals surface area contributed by atoms with E-state index in [-0.39, 0.29) is 10.9 Å². The average molecular weight is 353 g/mol. The summed E-state index contributed by atoms with van der Waals surface area (Å²) in [5.41, 5.74) is 0. The lowest BCUT2D eigenvalue weighted by Crippen LogP contribution is -2.36. The van der Waals surface area contributed by atoms with Gasteiger partial charge in [-0.05, 0) is 55.4 Å². The monoisotopic (exact) mass is 352 g/mol. The molecule has 0 aromatic heterocycles. The molecule has 1 heterocycles. The second kappa shape index (κ2) is 6.88. The number of benzene rings is 2. The molecule has 1 unspecified atom stereocenters. The van der Waals surface area contributed by atoms with Gasteiger partial charge >= 0.3 is 0 Å². The standard InChI is InChI=1S/C16H17ClN2O3S/c17-12-2-1-3-15(10-12)22-14-4-6-16(7-5-14)23(20,21)19-13-8-9-18-11-13/h1-7,10,13,18-19H,8-9,11H2. The maximum atomic E-state index is 12.3. The van der Waals surface area contributed by atoms with Gasteiger partial charge in [0.15, 0.2) is 0 Å². The van der Waals surface area contributed by atoms with Crippen LogP contribution in [0, 0.1) is 0 Å². The third-order valence-electron chi connectivity index (χ3n) is 3.55. The number of nitrogens with one attached hydrogen (secondary N) is 2. The van der Waals surface area contributed by atoms with Crippen LogP contribution < -0.4 is 14.8 Å². The Balaban J connectivity index is 1.71. The number of hydrogen-bond donors (Lipinski definition) is 2. The third kappa shape index (κ3) is 4.23. The fraction of sp³-hybridized carbons (Fsp3) is 0.250. The summed E-state index contributed by atoms with van der Waals surface area (Å²) < 4.78 is 33.0. The van der Waals surface area contributed by atoms with Gasteiger partial charge in [-0.3, -0.25) is 0 Å². The summed E-state index contributed by atoms with van der Waals surface area (Å²) in [6.45, 7) is 1.49. The van der Waals surface area contributed by atoms with Crippen LogP contribution in [0.15, 0.2) is 53.4 Å². The van der Waals surface area contributed by atoms with Gasteiger partial charge in [-0.2, -0.15) is 0 Å². The molecule has 0 spiro atoms. The fourth-order valence-corrected chi connectivity index (χ4v) is 3.85. The molecule has 1 saturated heterocycles. The summed E-state index contributed by atoms with van der Waals surface area (Å²) in [6.07, 6.45) is 0.801. The highest BCUT2D eigenvalue weighted by Crippen LogP contribution is 2.25. The number of sulfonamides is 1. The van der Waals surface area contributed by atoms with Crippen molar-refractivity contribution in [1.29, 1.82) is 0 Å². The van der Waals surface area contributed by atoms with Gasteiger partial charge in [-0.25, -0.2) is 13.1 Å². The SMILES string of the molecule is O=S(=O)(NC1CCNC1)c1ccc(Oc2cccc(Cl)c2)cc1. The van der Waals surface area contributed by atoms with Crippen LogP contribution in [0.4, 0.5) is 0 Å². The molecule has 122 valence electrons. The normalized spacial score (nSPS) is 18.0. The predicted molar refractivity (Wildman–Crippen MR) is 89.6 cm³/mol. The van der Waals surface area contributed by atoms with E-state index in [0.717, 1.165) is 13.0 Å². The quantitative estimate of drug-likeness (QED) is 0.868. The molecular formula is C16H17ClN2O3S. The Kier molecular flexibility index (Phi) is 4.87. The molecule has 0 bridgehead atoms. The molecule has 2 N–H and O–H groups in total. The molecule has 0 amide bonds. The van der Waals surface area contributed by atoms with Gasteiger partial charge in [0.2, 0.25) is 10.0 Å². The average Bonchev–Trinajstić information content (AvgIpc) is 3.00. The van der Waals surface area contributed by atoms with Crippen molar-refractivity contribution < 1.29 is 13.2 Å². The van der Waals surface area contributed by atoms with Gasteiger partial charge in [0.25, 0.3) is 0 Å². The summed E-state index contributed by atoms with van der Waals surface area (Å²) in [7, 11) is -3.51. The molecular weight excluding hydrogens is 336 g/mol. The molecule has 7 heteroatoms. The zero-order valence-corrected chi connectivity index (χ0v) is 13.9. The highest BCUT2D eigenvalue weighted by atomic mass is 35.5. The van der Waals surface area contributed by atoms with Crippen LogP contribution in [-0.4, -0.2) is 27.5 Å². The molecule has 1 atom stereocenters. The fourth-order valence-electron chi connectivity index (χ4n) is 2.40. The van der Waals surface area contributed by atoms with Crippen molar-refractivity contribution in [2.24, 2.45) is 0 Å². The van der Waals surface area contributed by atoms with Crippen molar-refractivity contribution in [2.75, 3.05) is 13.1 Å². The Morgan fingerprint density at radius 3 is 2.57 bits per heavy atom. The molecule has 5 nitrogen and oxygen atoms in total. The summed E-state index contributed by atoms with van der Waals surface area (Å²) in [4.78, 5) is 0.225. The van der Waals surface area contributed by atoms with E-state index in [2.05, 4.69) is 10.0 Å². The maximum Gasteiger partial charge on any atom is 0.240 e. The Morgan fingerprint density at radius 2 is 1.91 bits per heavy atom. The molecule has 0 saturated carbocycles. The molecule has 2 aromatic carbocycles. The Hall–Kier alpha value is -1.60. The van der Waals surface area contributed by atoms with Crippen molar-refractivity contribution in [1.82, 2.24) is 10.0 Å². The zero-order valence-electron chi connectivity index (χ0n) is 12.3. The van der Waals surface area contributed by atoms with E-state index in [1.54, 1.807) is 36.4 Å². The lowest BCUT2D eigenvalue weighted by atomic mass is 10.3. The lowest BCUT2D eigenvalue weighted by Gasteiger charge is -2.12. The van der Waals surface area contributed by atoms with Gasteiger partial charge < -0.3 is 10.1 Å². The van der Waals surface area contributed by atoms with E-state index in [9.17, 15) is 8.42 Å². The Morgan fingerprint density at radius 1 is 1.13 bits per heavy atom. The summed E-state index contributed by atoms with van der Waals surface area (Å²) >= 11 is 5.90. The first-order chi connectivity index (χ1) is 11.0. The van der Waals surface area contributed by atoms with Gasteiger partial charge in [0.05, 0.1) is 4.90 Å². The van der Waals surface area contributed by atoms with Crippen LogP contribution in [0.5, 0.6) is 11.5 Å². The van der Waals surface area contributed by atoms with Crippen molar-refractivity contribution in [3.63, 3.8) is 0 Å². The van der Waals surface area contributed by atoms with E-state index in [4.69, 9.17) is 16.3 Å². The predicted octanol–water partition coefficient (Wildman–Crippen LogP) is 2.77. The van der Waals surface area contributed by atoms with E-state index in [1.165, 1.54) is 12.1 Å². The smallest absolute Gasteiger partial charge is 0.240 e.